The Morgan fingerprint density at radius 2 is 1.97 bits per heavy atom. The van der Waals surface area contributed by atoms with Gasteiger partial charge >= 0.3 is 0 Å². The molecule has 4 heterocycles. The second-order valence-electron chi connectivity index (χ2n) is 8.46. The van der Waals surface area contributed by atoms with Gasteiger partial charge in [-0.05, 0) is 48.4 Å². The number of nitrogens with one attached hydrogen (secondary N) is 2. The predicted octanol–water partition coefficient (Wildman–Crippen LogP) is 4.96. The number of furan rings is 1. The molecule has 0 fully saturated rings. The van der Waals surface area contributed by atoms with Gasteiger partial charge in [-0.2, -0.15) is 5.10 Å². The van der Waals surface area contributed by atoms with Gasteiger partial charge in [0.2, 0.25) is 0 Å². The summed E-state index contributed by atoms with van der Waals surface area (Å²) in [4.78, 5) is 18.8. The molecule has 5 aromatic rings. The average Bonchev–Trinajstić information content (AvgIpc) is 3.68. The first-order valence-corrected chi connectivity index (χ1v) is 11.4. The lowest BCUT2D eigenvalue weighted by Gasteiger charge is -2.27. The van der Waals surface area contributed by atoms with Crippen molar-refractivity contribution in [2.24, 2.45) is 0 Å². The van der Waals surface area contributed by atoms with E-state index in [1.807, 2.05) is 65.7 Å². The van der Waals surface area contributed by atoms with Crippen LogP contribution >= 0.6 is 0 Å². The van der Waals surface area contributed by atoms with Crippen molar-refractivity contribution in [3.8, 4) is 23.0 Å². The summed E-state index contributed by atoms with van der Waals surface area (Å²) < 4.78 is 16.8. The molecule has 1 aliphatic rings. The second kappa shape index (κ2) is 8.39. The molecule has 0 saturated carbocycles. The molecule has 6 rings (SSSR count). The first kappa shape index (κ1) is 21.1. The number of H-pyrrole nitrogens is 2. The van der Waals surface area contributed by atoms with Crippen molar-refractivity contribution in [1.82, 2.24) is 20.1 Å². The van der Waals surface area contributed by atoms with Gasteiger partial charge in [0.1, 0.15) is 17.2 Å². The number of carbonyl (C=O) groups is 1. The molecule has 0 radical (unpaired) electrons. The Hall–Kier alpha value is -4.46. The molecule has 1 unspecified atom stereocenters. The highest BCUT2D eigenvalue weighted by Gasteiger charge is 2.43. The Bertz CT molecular complexity index is 1520. The monoisotopic (exact) mass is 468 g/mol. The van der Waals surface area contributed by atoms with Crippen molar-refractivity contribution in [3.05, 3.63) is 89.4 Å². The van der Waals surface area contributed by atoms with Crippen molar-refractivity contribution < 1.29 is 18.7 Å². The van der Waals surface area contributed by atoms with Crippen molar-refractivity contribution in [2.75, 3.05) is 20.8 Å². The van der Waals surface area contributed by atoms with Crippen LogP contribution in [-0.4, -0.2) is 46.8 Å². The van der Waals surface area contributed by atoms with E-state index in [1.165, 1.54) is 0 Å². The molecule has 8 nitrogen and oxygen atoms in total. The van der Waals surface area contributed by atoms with Crippen LogP contribution in [0.2, 0.25) is 0 Å². The fraction of sp³-hybridized carbons (Fsp3) is 0.185. The highest BCUT2D eigenvalue weighted by molar-refractivity contribution is 6.00. The molecule has 0 aliphatic carbocycles. The maximum atomic E-state index is 13.6. The van der Waals surface area contributed by atoms with Crippen LogP contribution in [0.15, 0.2) is 71.5 Å². The zero-order chi connectivity index (χ0) is 23.9. The second-order valence-corrected chi connectivity index (χ2v) is 8.46. The number of hydrogen-bond donors (Lipinski definition) is 2. The van der Waals surface area contributed by atoms with E-state index in [-0.39, 0.29) is 11.9 Å². The van der Waals surface area contributed by atoms with E-state index in [0.717, 1.165) is 33.3 Å². The average molecular weight is 469 g/mol. The summed E-state index contributed by atoms with van der Waals surface area (Å²) in [5.41, 5.74) is 4.96. The molecule has 0 bridgehead atoms. The van der Waals surface area contributed by atoms with Crippen LogP contribution in [-0.2, 0) is 6.42 Å². The highest BCUT2D eigenvalue weighted by Crippen LogP contribution is 2.45. The van der Waals surface area contributed by atoms with E-state index >= 15 is 0 Å². The van der Waals surface area contributed by atoms with Gasteiger partial charge in [0.05, 0.1) is 26.5 Å². The van der Waals surface area contributed by atoms with Crippen molar-refractivity contribution in [2.45, 2.75) is 12.5 Å². The molecule has 2 N–H and O–H groups in total. The summed E-state index contributed by atoms with van der Waals surface area (Å²) in [6.07, 6.45) is 4.27. The number of methoxy groups -OCH3 is 2. The van der Waals surface area contributed by atoms with Crippen LogP contribution in [0.4, 0.5) is 0 Å². The van der Waals surface area contributed by atoms with E-state index in [1.54, 1.807) is 20.5 Å². The molecule has 3 aromatic heterocycles. The molecule has 8 heteroatoms. The summed E-state index contributed by atoms with van der Waals surface area (Å²) in [5.74, 6) is 2.02. The zero-order valence-corrected chi connectivity index (χ0v) is 19.4. The third-order valence-corrected chi connectivity index (χ3v) is 6.65. The number of rotatable bonds is 7. The Labute approximate surface area is 201 Å². The van der Waals surface area contributed by atoms with E-state index < -0.39 is 0 Å². The van der Waals surface area contributed by atoms with Crippen LogP contribution in [0.3, 0.4) is 0 Å². The molecular weight excluding hydrogens is 444 g/mol. The number of carbonyl (C=O) groups excluding carboxylic acids is 1. The highest BCUT2D eigenvalue weighted by atomic mass is 16.5. The van der Waals surface area contributed by atoms with Crippen molar-refractivity contribution >= 4 is 16.8 Å². The molecule has 35 heavy (non-hydrogen) atoms. The zero-order valence-electron chi connectivity index (χ0n) is 19.4. The van der Waals surface area contributed by atoms with Gasteiger partial charge in [-0.25, -0.2) is 0 Å². The number of nitrogens with zero attached hydrogens (tertiary/aromatic N) is 2. The van der Waals surface area contributed by atoms with Gasteiger partial charge < -0.3 is 23.8 Å². The normalized spacial score (nSPS) is 15.1. The SMILES string of the molecule is COc1ccc2[nH]cc(CCN3C(=O)c4n[nH]c(-c5ccco5)c4C3c3ccccc3OC)c2c1. The third kappa shape index (κ3) is 3.37. The van der Waals surface area contributed by atoms with Gasteiger partial charge in [-0.15, -0.1) is 0 Å². The van der Waals surface area contributed by atoms with Crippen LogP contribution < -0.4 is 9.47 Å². The largest absolute Gasteiger partial charge is 0.497 e. The topological polar surface area (TPSA) is 96.4 Å². The first-order chi connectivity index (χ1) is 17.2. The number of aromatic amines is 2. The minimum atomic E-state index is -0.368. The molecule has 176 valence electrons. The van der Waals surface area contributed by atoms with E-state index in [2.05, 4.69) is 15.2 Å². The minimum Gasteiger partial charge on any atom is -0.497 e. The Morgan fingerprint density at radius 3 is 2.77 bits per heavy atom. The lowest BCUT2D eigenvalue weighted by molar-refractivity contribution is 0.0744. The van der Waals surface area contributed by atoms with Crippen LogP contribution in [0.25, 0.3) is 22.4 Å². The first-order valence-electron chi connectivity index (χ1n) is 11.4. The fourth-order valence-corrected chi connectivity index (χ4v) is 4.98. The van der Waals surface area contributed by atoms with Gasteiger partial charge in [-0.3, -0.25) is 9.89 Å². The summed E-state index contributed by atoms with van der Waals surface area (Å²) in [7, 11) is 3.30. The number of fused-ring (bicyclic) bond motifs is 2. The Morgan fingerprint density at radius 1 is 1.09 bits per heavy atom. The lowest BCUT2D eigenvalue weighted by Crippen LogP contribution is -2.31. The summed E-state index contributed by atoms with van der Waals surface area (Å²) >= 11 is 0. The summed E-state index contributed by atoms with van der Waals surface area (Å²) in [6, 6.07) is 17.0. The molecule has 1 aliphatic heterocycles. The van der Waals surface area contributed by atoms with Gasteiger partial charge in [0.15, 0.2) is 11.5 Å². The maximum Gasteiger partial charge on any atom is 0.275 e. The molecule has 1 atom stereocenters. The Balaban J connectivity index is 1.41. The van der Waals surface area contributed by atoms with Gasteiger partial charge in [-0.1, -0.05) is 18.2 Å². The number of hydrogen-bond acceptors (Lipinski definition) is 5. The molecular formula is C27H24N4O4. The smallest absolute Gasteiger partial charge is 0.275 e. The van der Waals surface area contributed by atoms with E-state index in [4.69, 9.17) is 13.9 Å². The minimum absolute atomic E-state index is 0.123. The number of aromatic nitrogens is 3. The predicted molar refractivity (Wildman–Crippen MR) is 131 cm³/mol. The number of amides is 1. The van der Waals surface area contributed by atoms with Gasteiger partial charge in [0, 0.05) is 34.8 Å². The van der Waals surface area contributed by atoms with Crippen molar-refractivity contribution in [3.63, 3.8) is 0 Å². The van der Waals surface area contributed by atoms with Crippen LogP contribution in [0.1, 0.15) is 33.2 Å². The van der Waals surface area contributed by atoms with Gasteiger partial charge in [0.25, 0.3) is 5.91 Å². The molecule has 0 spiro atoms. The Kier molecular flexibility index (Phi) is 5.06. The van der Waals surface area contributed by atoms with E-state index in [9.17, 15) is 4.79 Å². The molecule has 0 saturated heterocycles. The third-order valence-electron chi connectivity index (χ3n) is 6.65. The number of ether oxygens (including phenoxy) is 2. The quantitative estimate of drug-likeness (QED) is 0.352. The van der Waals surface area contributed by atoms with E-state index in [0.29, 0.717) is 35.9 Å². The number of para-hydroxylation sites is 1. The summed E-state index contributed by atoms with van der Waals surface area (Å²) in [5, 5.41) is 8.50. The van der Waals surface area contributed by atoms with Crippen LogP contribution in [0.5, 0.6) is 11.5 Å². The number of benzene rings is 2. The van der Waals surface area contributed by atoms with Crippen LogP contribution in [0, 0.1) is 0 Å². The lowest BCUT2D eigenvalue weighted by atomic mass is 9.97. The molecule has 1 amide bonds. The fourth-order valence-electron chi connectivity index (χ4n) is 4.98. The summed E-state index contributed by atoms with van der Waals surface area (Å²) in [6.45, 7) is 0.500. The maximum absolute atomic E-state index is 13.6. The standard InChI is InChI=1S/C27H24N4O4/c1-33-17-9-10-20-19(14-17)16(15-28-20)11-12-31-26(18-6-3-4-7-21(18)34-2)23-24(22-8-5-13-35-22)29-30-25(23)27(31)32/h3-10,13-15,26,28H,11-12H2,1-2H3,(H,29,30). The van der Waals surface area contributed by atoms with Crippen molar-refractivity contribution in [1.29, 1.82) is 0 Å². The molecule has 2 aromatic carbocycles.